The Balaban J connectivity index is 0.000000470. The van der Waals surface area contributed by atoms with Crippen LogP contribution in [0.3, 0.4) is 0 Å². The summed E-state index contributed by atoms with van der Waals surface area (Å²) < 4.78 is 0. The largest absolute Gasteiger partial charge is 0.373 e. The molecule has 138 valence electrons. The highest BCUT2D eigenvalue weighted by atomic mass is 17.2. The molecular formula is C21H36O3. The van der Waals surface area contributed by atoms with Crippen molar-refractivity contribution in [3.63, 3.8) is 0 Å². The smallest absolute Gasteiger partial charge is 0.292 e. The molecule has 3 heteroatoms. The molecule has 0 aliphatic heterocycles. The molecule has 0 spiro atoms. The molecule has 0 saturated heterocycles. The van der Waals surface area contributed by atoms with E-state index in [-0.39, 0.29) is 0 Å². The lowest BCUT2D eigenvalue weighted by molar-refractivity contribution is -0.301. The summed E-state index contributed by atoms with van der Waals surface area (Å²) in [6, 6.07) is 8.73. The minimum absolute atomic E-state index is 0.472. The van der Waals surface area contributed by atoms with E-state index in [9.17, 15) is 4.79 Å². The van der Waals surface area contributed by atoms with Crippen LogP contribution in [0.15, 0.2) is 30.3 Å². The number of benzene rings is 1. The highest BCUT2D eigenvalue weighted by molar-refractivity contribution is 5.88. The van der Waals surface area contributed by atoms with E-state index in [1.165, 1.54) is 51.4 Å². The van der Waals surface area contributed by atoms with Gasteiger partial charge in [-0.3, -0.25) is 4.89 Å². The maximum atomic E-state index is 11.3. The molecule has 3 nitrogen and oxygen atoms in total. The Morgan fingerprint density at radius 1 is 0.833 bits per heavy atom. The van der Waals surface area contributed by atoms with Crippen molar-refractivity contribution in [2.75, 3.05) is 0 Å². The molecule has 0 saturated carbocycles. The van der Waals surface area contributed by atoms with Crippen molar-refractivity contribution >= 4 is 5.97 Å². The van der Waals surface area contributed by atoms with Crippen LogP contribution in [0.4, 0.5) is 0 Å². The van der Waals surface area contributed by atoms with Gasteiger partial charge < -0.3 is 0 Å². The molecule has 0 bridgehead atoms. The monoisotopic (exact) mass is 336 g/mol. The molecule has 0 atom stereocenters. The van der Waals surface area contributed by atoms with E-state index in [1.807, 2.05) is 26.8 Å². The summed E-state index contributed by atoms with van der Waals surface area (Å²) in [5.74, 6) is -0.472. The fourth-order valence-corrected chi connectivity index (χ4v) is 1.99. The third-order valence-electron chi connectivity index (χ3n) is 3.33. The summed E-state index contributed by atoms with van der Waals surface area (Å²) in [6.45, 7) is 9.97. The molecular weight excluding hydrogens is 300 g/mol. The van der Waals surface area contributed by atoms with Crippen LogP contribution >= 0.6 is 0 Å². The minimum atomic E-state index is -0.482. The van der Waals surface area contributed by atoms with Crippen LogP contribution in [0.25, 0.3) is 0 Å². The van der Waals surface area contributed by atoms with E-state index in [4.69, 9.17) is 4.89 Å². The molecule has 1 rings (SSSR count). The zero-order valence-corrected chi connectivity index (χ0v) is 16.3. The number of rotatable bonds is 9. The van der Waals surface area contributed by atoms with E-state index in [1.54, 1.807) is 24.3 Å². The topological polar surface area (TPSA) is 35.5 Å². The first kappa shape index (κ1) is 22.6. The summed E-state index contributed by atoms with van der Waals surface area (Å²) >= 11 is 0. The first-order chi connectivity index (χ1) is 11.4. The average molecular weight is 337 g/mol. The Bertz CT molecular complexity index is 399. The highest BCUT2D eigenvalue weighted by Crippen LogP contribution is 2.10. The molecule has 1 aromatic carbocycles. The van der Waals surface area contributed by atoms with Crippen molar-refractivity contribution in [3.8, 4) is 0 Å². The molecule has 0 aliphatic carbocycles. The number of carbonyl (C=O) groups excluding carboxylic acids is 1. The van der Waals surface area contributed by atoms with Crippen molar-refractivity contribution in [2.24, 2.45) is 0 Å². The predicted molar refractivity (Wildman–Crippen MR) is 101 cm³/mol. The Hall–Kier alpha value is -1.35. The van der Waals surface area contributed by atoms with E-state index < -0.39 is 11.6 Å². The molecule has 24 heavy (non-hydrogen) atoms. The zero-order chi connectivity index (χ0) is 18.3. The predicted octanol–water partition coefficient (Wildman–Crippen LogP) is 6.72. The van der Waals surface area contributed by atoms with Crippen LogP contribution in [-0.4, -0.2) is 11.6 Å². The second-order valence-corrected chi connectivity index (χ2v) is 7.05. The summed E-state index contributed by atoms with van der Waals surface area (Å²) in [4.78, 5) is 20.9. The van der Waals surface area contributed by atoms with E-state index in [2.05, 4.69) is 18.7 Å². The van der Waals surface area contributed by atoms with E-state index >= 15 is 0 Å². The maximum Gasteiger partial charge on any atom is 0.373 e. The van der Waals surface area contributed by atoms with Gasteiger partial charge in [0.1, 0.15) is 5.60 Å². The van der Waals surface area contributed by atoms with Crippen molar-refractivity contribution in [1.82, 2.24) is 0 Å². The van der Waals surface area contributed by atoms with Crippen molar-refractivity contribution in [1.29, 1.82) is 0 Å². The second-order valence-electron chi connectivity index (χ2n) is 7.05. The number of hydrogen-bond donors (Lipinski definition) is 0. The number of hydrogen-bond acceptors (Lipinski definition) is 3. The third-order valence-corrected chi connectivity index (χ3v) is 3.33. The lowest BCUT2D eigenvalue weighted by Crippen LogP contribution is -2.21. The van der Waals surface area contributed by atoms with Gasteiger partial charge in [0.25, 0.3) is 0 Å². The van der Waals surface area contributed by atoms with Gasteiger partial charge >= 0.3 is 5.97 Å². The molecule has 0 heterocycles. The highest BCUT2D eigenvalue weighted by Gasteiger charge is 2.16. The van der Waals surface area contributed by atoms with Crippen LogP contribution in [0.1, 0.15) is 96.3 Å². The Morgan fingerprint density at radius 3 is 1.71 bits per heavy atom. The summed E-state index contributed by atoms with van der Waals surface area (Å²) in [7, 11) is 0. The van der Waals surface area contributed by atoms with Crippen molar-refractivity contribution < 1.29 is 14.6 Å². The first-order valence-corrected chi connectivity index (χ1v) is 9.35. The van der Waals surface area contributed by atoms with Gasteiger partial charge in [0, 0.05) is 0 Å². The first-order valence-electron chi connectivity index (χ1n) is 9.35. The van der Waals surface area contributed by atoms with Crippen molar-refractivity contribution in [2.45, 2.75) is 91.6 Å². The number of unbranched alkanes of at least 4 members (excludes halogenated alkanes) is 7. The lowest BCUT2D eigenvalue weighted by Gasteiger charge is -2.16. The summed E-state index contributed by atoms with van der Waals surface area (Å²) in [5.41, 5.74) is 0.00140. The van der Waals surface area contributed by atoms with Crippen LogP contribution in [0.5, 0.6) is 0 Å². The van der Waals surface area contributed by atoms with Crippen LogP contribution in [0.2, 0.25) is 0 Å². The Morgan fingerprint density at radius 2 is 1.29 bits per heavy atom. The average Bonchev–Trinajstić information content (AvgIpc) is 2.56. The van der Waals surface area contributed by atoms with Crippen LogP contribution in [0, 0.1) is 0 Å². The molecule has 0 fully saturated rings. The van der Waals surface area contributed by atoms with Gasteiger partial charge in [0.05, 0.1) is 5.56 Å². The number of carbonyl (C=O) groups is 1. The molecule has 1 aromatic rings. The Kier molecular flexibility index (Phi) is 13.2. The third kappa shape index (κ3) is 14.3. The van der Waals surface area contributed by atoms with Crippen LogP contribution in [-0.2, 0) is 9.78 Å². The minimum Gasteiger partial charge on any atom is -0.292 e. The fraction of sp³-hybridized carbons (Fsp3) is 0.667. The van der Waals surface area contributed by atoms with Gasteiger partial charge in [-0.05, 0) is 32.9 Å². The molecule has 0 amide bonds. The summed E-state index contributed by atoms with van der Waals surface area (Å²) in [6.07, 6.45) is 11.5. The van der Waals surface area contributed by atoms with Gasteiger partial charge in [0.15, 0.2) is 0 Å². The van der Waals surface area contributed by atoms with Crippen LogP contribution < -0.4 is 0 Å². The maximum absolute atomic E-state index is 11.3. The molecule has 0 N–H and O–H groups in total. The lowest BCUT2D eigenvalue weighted by atomic mass is 10.1. The molecule has 0 aliphatic rings. The fourth-order valence-electron chi connectivity index (χ4n) is 1.99. The SMILES string of the molecule is CC(C)(C)OOC(=O)c1ccccc1.CCCCCCCCCC. The molecule has 0 radical (unpaired) electrons. The van der Waals surface area contributed by atoms with Gasteiger partial charge in [0.2, 0.25) is 0 Å². The zero-order valence-electron chi connectivity index (χ0n) is 16.3. The quantitative estimate of drug-likeness (QED) is 0.285. The normalized spacial score (nSPS) is 10.7. The summed E-state index contributed by atoms with van der Waals surface area (Å²) in [5, 5.41) is 0. The van der Waals surface area contributed by atoms with E-state index in [0.717, 1.165) is 0 Å². The van der Waals surface area contributed by atoms with Gasteiger partial charge in [-0.2, -0.15) is 4.89 Å². The van der Waals surface area contributed by atoms with Gasteiger partial charge in [-0.1, -0.05) is 83.4 Å². The van der Waals surface area contributed by atoms with Crippen molar-refractivity contribution in [3.05, 3.63) is 35.9 Å². The second kappa shape index (κ2) is 14.0. The standard InChI is InChI=1S/C11H14O3.C10H22/c1-11(2,3)14-13-10(12)9-7-5-4-6-8-9;1-3-5-7-9-10-8-6-4-2/h4-8H,1-3H3;3-10H2,1-2H3. The molecule has 0 unspecified atom stereocenters. The Labute approximate surface area is 148 Å². The molecule has 0 aromatic heterocycles. The van der Waals surface area contributed by atoms with E-state index in [0.29, 0.717) is 5.56 Å². The van der Waals surface area contributed by atoms with Gasteiger partial charge in [-0.25, -0.2) is 4.79 Å². The van der Waals surface area contributed by atoms with Gasteiger partial charge in [-0.15, -0.1) is 0 Å².